The molecular weight excluding hydrogens is 428 g/mol. The molecule has 0 radical (unpaired) electrons. The van der Waals surface area contributed by atoms with Gasteiger partial charge in [-0.2, -0.15) is 0 Å². The van der Waals surface area contributed by atoms with Crippen molar-refractivity contribution in [3.63, 3.8) is 0 Å². The summed E-state index contributed by atoms with van der Waals surface area (Å²) >= 11 is 0. The van der Waals surface area contributed by atoms with Crippen LogP contribution in [-0.2, 0) is 16.1 Å². The van der Waals surface area contributed by atoms with Gasteiger partial charge in [-0.1, -0.05) is 18.2 Å². The number of anilines is 1. The molecule has 2 fully saturated rings. The number of nitrogens with zero attached hydrogens (tertiary/aromatic N) is 3. The quantitative estimate of drug-likeness (QED) is 0.491. The highest BCUT2D eigenvalue weighted by Gasteiger charge is 2.40. The molecule has 0 aliphatic carbocycles. The minimum Gasteiger partial charge on any atom is -0.381 e. The Kier molecular flexibility index (Phi) is 6.78. The van der Waals surface area contributed by atoms with Gasteiger partial charge in [0.15, 0.2) is 23.2 Å². The fraction of sp³-hybridized carbons (Fsp3) is 0.417. The highest BCUT2D eigenvalue weighted by Crippen LogP contribution is 2.41. The molecule has 0 amide bonds. The van der Waals surface area contributed by atoms with Crippen molar-refractivity contribution in [2.24, 2.45) is 5.41 Å². The molecule has 2 aliphatic heterocycles. The minimum absolute atomic E-state index is 0.0192. The predicted octanol–water partition coefficient (Wildman–Crippen LogP) is 3.39. The van der Waals surface area contributed by atoms with Gasteiger partial charge in [0.1, 0.15) is 11.5 Å². The van der Waals surface area contributed by atoms with E-state index in [1.54, 1.807) is 18.2 Å². The second kappa shape index (κ2) is 9.74. The third-order valence-corrected chi connectivity index (χ3v) is 6.35. The van der Waals surface area contributed by atoms with Crippen LogP contribution in [-0.4, -0.2) is 47.8 Å². The standard InChI is InChI=1S/C24H27F2N5O2/c1-16(32)21(28-13-17-4-2-3-5-18(17)25)12-20(27)22-29-14-19(26)23(30-22)31-9-6-24(15-31)7-10-33-11-8-24/h2-5,12,14,27-28H,6-11,13,15H2,1H3/b21-12-,27-20?. The molecule has 2 aromatic rings. The first-order valence-corrected chi connectivity index (χ1v) is 11.0. The number of benzene rings is 1. The summed E-state index contributed by atoms with van der Waals surface area (Å²) in [5, 5.41) is 11.3. The van der Waals surface area contributed by atoms with E-state index < -0.39 is 5.82 Å². The molecule has 2 saturated heterocycles. The maximum atomic E-state index is 14.6. The Morgan fingerprint density at radius 3 is 2.73 bits per heavy atom. The first kappa shape index (κ1) is 23.0. The summed E-state index contributed by atoms with van der Waals surface area (Å²) in [5.41, 5.74) is 0.497. The molecule has 3 heterocycles. The number of hydrogen-bond acceptors (Lipinski definition) is 7. The number of halogens is 2. The molecule has 2 aliphatic rings. The third kappa shape index (κ3) is 5.24. The van der Waals surface area contributed by atoms with E-state index in [2.05, 4.69) is 15.3 Å². The summed E-state index contributed by atoms with van der Waals surface area (Å²) in [7, 11) is 0. The number of hydrogen-bond donors (Lipinski definition) is 2. The van der Waals surface area contributed by atoms with Gasteiger partial charge in [0.05, 0.1) is 11.9 Å². The lowest BCUT2D eigenvalue weighted by Crippen LogP contribution is -2.33. The van der Waals surface area contributed by atoms with Crippen LogP contribution in [0.15, 0.2) is 42.2 Å². The number of Topliss-reactive ketones (excluding diaryl/α,β-unsaturated/α-hetero) is 1. The maximum absolute atomic E-state index is 14.6. The van der Waals surface area contributed by atoms with Crippen LogP contribution >= 0.6 is 0 Å². The number of aromatic nitrogens is 2. The fourth-order valence-electron chi connectivity index (χ4n) is 4.36. The lowest BCUT2D eigenvalue weighted by molar-refractivity contribution is -0.114. The zero-order chi connectivity index (χ0) is 23.4. The normalized spacial score (nSPS) is 17.9. The highest BCUT2D eigenvalue weighted by atomic mass is 19.1. The van der Waals surface area contributed by atoms with Gasteiger partial charge >= 0.3 is 0 Å². The van der Waals surface area contributed by atoms with E-state index in [0.717, 1.165) is 25.5 Å². The van der Waals surface area contributed by atoms with Gasteiger partial charge in [-0.25, -0.2) is 18.7 Å². The monoisotopic (exact) mass is 455 g/mol. The van der Waals surface area contributed by atoms with Gasteiger partial charge in [-0.05, 0) is 36.8 Å². The minimum atomic E-state index is -0.538. The van der Waals surface area contributed by atoms with E-state index in [-0.39, 0.29) is 46.6 Å². The Morgan fingerprint density at radius 2 is 2.00 bits per heavy atom. The molecule has 174 valence electrons. The fourth-order valence-corrected chi connectivity index (χ4v) is 4.36. The first-order valence-electron chi connectivity index (χ1n) is 11.0. The van der Waals surface area contributed by atoms with Crippen molar-refractivity contribution in [2.75, 3.05) is 31.2 Å². The van der Waals surface area contributed by atoms with Crippen molar-refractivity contribution in [1.29, 1.82) is 5.41 Å². The summed E-state index contributed by atoms with van der Waals surface area (Å²) in [6, 6.07) is 6.24. The van der Waals surface area contributed by atoms with Crippen molar-refractivity contribution in [3.8, 4) is 0 Å². The molecule has 9 heteroatoms. The van der Waals surface area contributed by atoms with Gasteiger partial charge in [-0.3, -0.25) is 10.2 Å². The average Bonchev–Trinajstić information content (AvgIpc) is 3.20. The topological polar surface area (TPSA) is 91.2 Å². The summed E-state index contributed by atoms with van der Waals surface area (Å²) < 4.78 is 34.0. The van der Waals surface area contributed by atoms with Crippen LogP contribution in [0.5, 0.6) is 0 Å². The molecular formula is C24H27F2N5O2. The predicted molar refractivity (Wildman–Crippen MR) is 120 cm³/mol. The number of ether oxygens (including phenoxy) is 1. The van der Waals surface area contributed by atoms with Gasteiger partial charge in [0, 0.05) is 45.3 Å². The van der Waals surface area contributed by atoms with Crippen LogP contribution in [0.2, 0.25) is 0 Å². The molecule has 2 N–H and O–H groups in total. The summed E-state index contributed by atoms with van der Waals surface area (Å²) in [4.78, 5) is 22.3. The summed E-state index contributed by atoms with van der Waals surface area (Å²) in [6.07, 6.45) is 5.19. The van der Waals surface area contributed by atoms with E-state index in [1.807, 2.05) is 4.90 Å². The average molecular weight is 456 g/mol. The molecule has 7 nitrogen and oxygen atoms in total. The van der Waals surface area contributed by atoms with Crippen LogP contribution in [0.3, 0.4) is 0 Å². The van der Waals surface area contributed by atoms with E-state index in [9.17, 15) is 13.6 Å². The van der Waals surface area contributed by atoms with Gasteiger partial charge in [0.2, 0.25) is 0 Å². The summed E-state index contributed by atoms with van der Waals surface area (Å²) in [6.45, 7) is 4.24. The van der Waals surface area contributed by atoms with E-state index >= 15 is 0 Å². The van der Waals surface area contributed by atoms with Gasteiger partial charge in [-0.15, -0.1) is 0 Å². The SMILES string of the molecule is CC(=O)/C(=C/C(=N)c1ncc(F)c(N2CCC3(CCOCC3)C2)n1)NCc1ccccc1F. The number of allylic oxidation sites excluding steroid dienone is 2. The van der Waals surface area contributed by atoms with Gasteiger partial charge in [0.25, 0.3) is 0 Å². The summed E-state index contributed by atoms with van der Waals surface area (Å²) in [5.74, 6) is -1.05. The van der Waals surface area contributed by atoms with Crippen LogP contribution in [0.25, 0.3) is 0 Å². The molecule has 1 spiro atoms. The molecule has 0 atom stereocenters. The zero-order valence-corrected chi connectivity index (χ0v) is 18.5. The lowest BCUT2D eigenvalue weighted by Gasteiger charge is -2.33. The molecule has 0 saturated carbocycles. The Labute approximate surface area is 191 Å². The first-order chi connectivity index (χ1) is 15.9. The lowest BCUT2D eigenvalue weighted by atomic mass is 9.80. The molecule has 4 rings (SSSR count). The van der Waals surface area contributed by atoms with E-state index in [4.69, 9.17) is 10.1 Å². The third-order valence-electron chi connectivity index (χ3n) is 6.35. The molecule has 0 unspecified atom stereocenters. The Bertz CT molecular complexity index is 1080. The largest absolute Gasteiger partial charge is 0.381 e. The number of rotatable bonds is 7. The van der Waals surface area contributed by atoms with Crippen molar-refractivity contribution < 1.29 is 18.3 Å². The molecule has 33 heavy (non-hydrogen) atoms. The van der Waals surface area contributed by atoms with Crippen LogP contribution in [0, 0.1) is 22.5 Å². The molecule has 1 aromatic carbocycles. The Morgan fingerprint density at radius 1 is 1.24 bits per heavy atom. The van der Waals surface area contributed by atoms with E-state index in [1.165, 1.54) is 19.1 Å². The maximum Gasteiger partial charge on any atom is 0.183 e. The Hall–Kier alpha value is -3.20. The number of carbonyl (C=O) groups excluding carboxylic acids is 1. The van der Waals surface area contributed by atoms with Gasteiger partial charge < -0.3 is 15.0 Å². The van der Waals surface area contributed by atoms with Crippen LogP contribution in [0.4, 0.5) is 14.6 Å². The highest BCUT2D eigenvalue weighted by molar-refractivity contribution is 6.09. The Balaban J connectivity index is 1.50. The van der Waals surface area contributed by atoms with Crippen molar-refractivity contribution in [3.05, 3.63) is 65.3 Å². The smallest absolute Gasteiger partial charge is 0.183 e. The zero-order valence-electron chi connectivity index (χ0n) is 18.5. The van der Waals surface area contributed by atoms with Crippen molar-refractivity contribution >= 4 is 17.3 Å². The van der Waals surface area contributed by atoms with Crippen LogP contribution in [0.1, 0.15) is 37.6 Å². The second-order valence-corrected chi connectivity index (χ2v) is 8.62. The van der Waals surface area contributed by atoms with Crippen molar-refractivity contribution in [1.82, 2.24) is 15.3 Å². The molecule has 1 aromatic heterocycles. The number of nitrogens with one attached hydrogen (secondary N) is 2. The van der Waals surface area contributed by atoms with Crippen LogP contribution < -0.4 is 10.2 Å². The number of ketones is 1. The molecule has 0 bridgehead atoms. The van der Waals surface area contributed by atoms with Crippen molar-refractivity contribution in [2.45, 2.75) is 32.7 Å². The van der Waals surface area contributed by atoms with E-state index in [0.29, 0.717) is 31.9 Å². The number of carbonyl (C=O) groups is 1. The second-order valence-electron chi connectivity index (χ2n) is 8.62.